The highest BCUT2D eigenvalue weighted by Gasteiger charge is 2.41. The Balaban J connectivity index is 2.88. The molecule has 19 heavy (non-hydrogen) atoms. The first kappa shape index (κ1) is 15.7. The Morgan fingerprint density at radius 3 is 2.21 bits per heavy atom. The van der Waals surface area contributed by atoms with Crippen LogP contribution in [-0.4, -0.2) is 28.9 Å². The summed E-state index contributed by atoms with van der Waals surface area (Å²) in [6.45, 7) is -1.59. The van der Waals surface area contributed by atoms with E-state index in [2.05, 4.69) is 9.97 Å². The Hall–Kier alpha value is -1.32. The van der Waals surface area contributed by atoms with Crippen molar-refractivity contribution in [3.63, 3.8) is 0 Å². The number of hydrogen-bond donors (Lipinski definition) is 1. The third kappa shape index (κ3) is 4.37. The lowest BCUT2D eigenvalue weighted by Crippen LogP contribution is -2.35. The van der Waals surface area contributed by atoms with Gasteiger partial charge in [0.25, 0.3) is 0 Å². The van der Waals surface area contributed by atoms with Crippen LogP contribution in [-0.2, 0) is 6.18 Å². The molecule has 0 aromatic carbocycles. The fourth-order valence-electron chi connectivity index (χ4n) is 0.921. The van der Waals surface area contributed by atoms with Crippen LogP contribution in [0.4, 0.5) is 36.6 Å². The van der Waals surface area contributed by atoms with E-state index in [0.29, 0.717) is 6.07 Å². The number of rotatable bonds is 4. The zero-order valence-corrected chi connectivity index (χ0v) is 9.54. The molecule has 1 aromatic heterocycles. The Morgan fingerprint density at radius 1 is 1.16 bits per heavy atom. The van der Waals surface area contributed by atoms with E-state index in [1.54, 1.807) is 5.32 Å². The van der Waals surface area contributed by atoms with Crippen LogP contribution < -0.4 is 5.32 Å². The zero-order valence-electron chi connectivity index (χ0n) is 8.78. The van der Waals surface area contributed by atoms with Crippen molar-refractivity contribution in [2.24, 2.45) is 0 Å². The van der Waals surface area contributed by atoms with Gasteiger partial charge in [-0.1, -0.05) is 11.6 Å². The third-order valence-corrected chi connectivity index (χ3v) is 1.97. The van der Waals surface area contributed by atoms with Gasteiger partial charge in [-0.25, -0.2) is 18.7 Å². The van der Waals surface area contributed by atoms with E-state index >= 15 is 0 Å². The van der Waals surface area contributed by atoms with E-state index in [9.17, 15) is 30.7 Å². The molecule has 0 aliphatic rings. The third-order valence-electron chi connectivity index (χ3n) is 1.77. The van der Waals surface area contributed by atoms with Gasteiger partial charge in [-0.3, -0.25) is 0 Å². The van der Waals surface area contributed by atoms with Gasteiger partial charge in [0.2, 0.25) is 5.82 Å². The molecule has 0 aliphatic carbocycles. The van der Waals surface area contributed by atoms with Crippen molar-refractivity contribution in [2.45, 2.75) is 18.5 Å². The molecule has 0 amide bonds. The number of aromatic nitrogens is 2. The van der Waals surface area contributed by atoms with Crippen molar-refractivity contribution in [3.8, 4) is 0 Å². The summed E-state index contributed by atoms with van der Waals surface area (Å²) in [5, 5.41) is 0.992. The van der Waals surface area contributed by atoms with Crippen molar-refractivity contribution < 1.29 is 30.7 Å². The summed E-state index contributed by atoms with van der Waals surface area (Å²) >= 11 is 5.24. The Kier molecular flexibility index (Phi) is 4.43. The molecule has 1 rings (SSSR count). The van der Waals surface area contributed by atoms with Gasteiger partial charge >= 0.3 is 18.5 Å². The van der Waals surface area contributed by atoms with Crippen LogP contribution in [0, 0.1) is 0 Å². The number of hydrogen-bond acceptors (Lipinski definition) is 3. The van der Waals surface area contributed by atoms with E-state index in [1.165, 1.54) is 0 Å². The summed E-state index contributed by atoms with van der Waals surface area (Å²) in [5.41, 5.74) is 0. The molecule has 1 heterocycles. The van der Waals surface area contributed by atoms with Gasteiger partial charge in [0.1, 0.15) is 11.0 Å². The highest BCUT2D eigenvalue weighted by molar-refractivity contribution is 6.29. The lowest BCUT2D eigenvalue weighted by Gasteiger charge is -2.16. The molecule has 0 bridgehead atoms. The summed E-state index contributed by atoms with van der Waals surface area (Å²) < 4.78 is 85.6. The number of nitrogens with one attached hydrogen (secondary N) is 1. The molecule has 0 fully saturated rings. The Labute approximate surface area is 106 Å². The molecule has 0 unspecified atom stereocenters. The lowest BCUT2D eigenvalue weighted by atomic mass is 10.3. The average Bonchev–Trinajstić information content (AvgIpc) is 2.24. The lowest BCUT2D eigenvalue weighted by molar-refractivity contribution is -0.144. The zero-order chi connectivity index (χ0) is 14.8. The SMILES string of the molecule is FC(F)C(F)(F)CNc1cc(Cl)nc(C(F)(F)F)n1. The summed E-state index contributed by atoms with van der Waals surface area (Å²) in [7, 11) is 0. The summed E-state index contributed by atoms with van der Waals surface area (Å²) in [5.74, 6) is -6.80. The first-order chi connectivity index (χ1) is 8.52. The Bertz CT molecular complexity index is 448. The van der Waals surface area contributed by atoms with Crippen molar-refractivity contribution >= 4 is 17.4 Å². The second-order valence-electron chi connectivity index (χ2n) is 3.31. The molecule has 0 atom stereocenters. The van der Waals surface area contributed by atoms with Crippen LogP contribution in [0.5, 0.6) is 0 Å². The van der Waals surface area contributed by atoms with E-state index in [1.807, 2.05) is 0 Å². The van der Waals surface area contributed by atoms with Gasteiger partial charge in [0.05, 0.1) is 6.54 Å². The summed E-state index contributed by atoms with van der Waals surface area (Å²) in [6.07, 6.45) is -8.90. The van der Waals surface area contributed by atoms with Gasteiger partial charge in [-0.2, -0.15) is 22.0 Å². The summed E-state index contributed by atoms with van der Waals surface area (Å²) in [6, 6.07) is 0.707. The molecule has 11 heteroatoms. The molecule has 0 saturated carbocycles. The highest BCUT2D eigenvalue weighted by atomic mass is 35.5. The standard InChI is InChI=1S/C8H5ClF7N3/c9-3-1-4(17-2-7(12,13)5(10)11)19-6(18-3)8(14,15)16/h1,5H,2H2,(H,17,18,19). The number of nitrogens with zero attached hydrogens (tertiary/aromatic N) is 2. The number of alkyl halides is 7. The van der Waals surface area contributed by atoms with Crippen molar-refractivity contribution in [1.29, 1.82) is 0 Å². The van der Waals surface area contributed by atoms with Crippen LogP contribution in [0.1, 0.15) is 5.82 Å². The van der Waals surface area contributed by atoms with Gasteiger partial charge in [-0.05, 0) is 0 Å². The predicted molar refractivity (Wildman–Crippen MR) is 51.5 cm³/mol. The van der Waals surface area contributed by atoms with Gasteiger partial charge in [0, 0.05) is 6.07 Å². The van der Waals surface area contributed by atoms with Crippen LogP contribution in [0.15, 0.2) is 6.07 Å². The van der Waals surface area contributed by atoms with Crippen LogP contribution >= 0.6 is 11.6 Å². The van der Waals surface area contributed by atoms with Crippen LogP contribution in [0.25, 0.3) is 0 Å². The molecule has 1 N–H and O–H groups in total. The van der Waals surface area contributed by atoms with E-state index in [4.69, 9.17) is 11.6 Å². The molecule has 0 saturated heterocycles. The monoisotopic (exact) mass is 311 g/mol. The molecule has 0 aliphatic heterocycles. The summed E-state index contributed by atoms with van der Waals surface area (Å²) in [4.78, 5) is 5.70. The molecular formula is C8H5ClF7N3. The first-order valence-electron chi connectivity index (χ1n) is 4.54. The van der Waals surface area contributed by atoms with Gasteiger partial charge in [0.15, 0.2) is 0 Å². The molecular weight excluding hydrogens is 307 g/mol. The second kappa shape index (κ2) is 5.35. The minimum atomic E-state index is -4.94. The minimum absolute atomic E-state index is 0.662. The van der Waals surface area contributed by atoms with Gasteiger partial charge in [-0.15, -0.1) is 0 Å². The normalized spacial score (nSPS) is 12.9. The maximum atomic E-state index is 12.6. The maximum absolute atomic E-state index is 12.6. The molecule has 3 nitrogen and oxygen atoms in total. The van der Waals surface area contributed by atoms with Crippen molar-refractivity contribution in [3.05, 3.63) is 17.0 Å². The average molecular weight is 312 g/mol. The smallest absolute Gasteiger partial charge is 0.364 e. The quantitative estimate of drug-likeness (QED) is 0.683. The largest absolute Gasteiger partial charge is 0.451 e. The second-order valence-corrected chi connectivity index (χ2v) is 3.70. The predicted octanol–water partition coefficient (Wildman–Crippen LogP) is 3.46. The number of halogens is 8. The highest BCUT2D eigenvalue weighted by Crippen LogP contribution is 2.29. The molecule has 0 radical (unpaired) electrons. The Morgan fingerprint density at radius 2 is 1.74 bits per heavy atom. The first-order valence-corrected chi connectivity index (χ1v) is 4.92. The van der Waals surface area contributed by atoms with Crippen LogP contribution in [0.3, 0.4) is 0 Å². The minimum Gasteiger partial charge on any atom is -0.364 e. The van der Waals surface area contributed by atoms with Crippen molar-refractivity contribution in [1.82, 2.24) is 9.97 Å². The molecule has 1 aromatic rings. The topological polar surface area (TPSA) is 37.8 Å². The van der Waals surface area contributed by atoms with Crippen molar-refractivity contribution in [2.75, 3.05) is 11.9 Å². The fourth-order valence-corrected chi connectivity index (χ4v) is 1.10. The molecule has 0 spiro atoms. The maximum Gasteiger partial charge on any atom is 0.451 e. The molecule has 108 valence electrons. The van der Waals surface area contributed by atoms with E-state index in [-0.39, 0.29) is 0 Å². The van der Waals surface area contributed by atoms with E-state index < -0.39 is 41.9 Å². The fraction of sp³-hybridized carbons (Fsp3) is 0.500. The van der Waals surface area contributed by atoms with Gasteiger partial charge < -0.3 is 5.32 Å². The number of anilines is 1. The van der Waals surface area contributed by atoms with E-state index in [0.717, 1.165) is 0 Å². The van der Waals surface area contributed by atoms with Crippen LogP contribution in [0.2, 0.25) is 5.15 Å².